The Morgan fingerprint density at radius 2 is 1.96 bits per heavy atom. The van der Waals surface area contributed by atoms with Crippen LogP contribution in [0.5, 0.6) is 5.88 Å². The number of ether oxygens (including phenoxy) is 2. The summed E-state index contributed by atoms with van der Waals surface area (Å²) < 4.78 is 10.5. The standard InChI is InChI=1S/C18H27N3O3/c1-23-13-12-21-11-7-18(17(21)22)5-9-20(10-6-18)14-15-4-3-8-19-16(15)24-2/h3-4,8H,5-7,9-14H2,1-2H3. The van der Waals surface area contributed by atoms with Gasteiger partial charge in [-0.05, 0) is 38.4 Å². The van der Waals surface area contributed by atoms with Crippen LogP contribution in [0.1, 0.15) is 24.8 Å². The smallest absolute Gasteiger partial charge is 0.229 e. The highest BCUT2D eigenvalue weighted by molar-refractivity contribution is 5.85. The summed E-state index contributed by atoms with van der Waals surface area (Å²) in [7, 11) is 3.34. The number of hydrogen-bond donors (Lipinski definition) is 0. The van der Waals surface area contributed by atoms with Gasteiger partial charge in [-0.25, -0.2) is 4.98 Å². The van der Waals surface area contributed by atoms with Crippen LogP contribution in [0.2, 0.25) is 0 Å². The molecule has 6 heteroatoms. The van der Waals surface area contributed by atoms with E-state index in [4.69, 9.17) is 9.47 Å². The van der Waals surface area contributed by atoms with Gasteiger partial charge in [0.25, 0.3) is 0 Å². The summed E-state index contributed by atoms with van der Waals surface area (Å²) >= 11 is 0. The van der Waals surface area contributed by atoms with E-state index in [1.807, 2.05) is 11.0 Å². The van der Waals surface area contributed by atoms with Crippen LogP contribution in [-0.2, 0) is 16.1 Å². The number of aromatic nitrogens is 1. The first-order valence-corrected chi connectivity index (χ1v) is 8.67. The van der Waals surface area contributed by atoms with Crippen LogP contribution in [0, 0.1) is 5.41 Å². The highest BCUT2D eigenvalue weighted by Crippen LogP contribution is 2.41. The maximum Gasteiger partial charge on any atom is 0.229 e. The van der Waals surface area contributed by atoms with Crippen LogP contribution in [0.25, 0.3) is 0 Å². The van der Waals surface area contributed by atoms with Gasteiger partial charge in [0.2, 0.25) is 11.8 Å². The van der Waals surface area contributed by atoms with Crippen molar-refractivity contribution >= 4 is 5.91 Å². The van der Waals surface area contributed by atoms with Gasteiger partial charge in [0, 0.05) is 38.5 Å². The number of likely N-dealkylation sites (tertiary alicyclic amines) is 2. The molecule has 2 aliphatic heterocycles. The Labute approximate surface area is 143 Å². The molecule has 0 saturated carbocycles. The summed E-state index contributed by atoms with van der Waals surface area (Å²) in [5, 5.41) is 0. The Hall–Kier alpha value is -1.66. The van der Waals surface area contributed by atoms with E-state index < -0.39 is 0 Å². The van der Waals surface area contributed by atoms with Crippen LogP contribution >= 0.6 is 0 Å². The van der Waals surface area contributed by atoms with Gasteiger partial charge in [0.1, 0.15) is 0 Å². The summed E-state index contributed by atoms with van der Waals surface area (Å²) in [4.78, 5) is 21.4. The van der Waals surface area contributed by atoms with Gasteiger partial charge in [-0.3, -0.25) is 9.69 Å². The van der Waals surface area contributed by atoms with Crippen LogP contribution in [0.4, 0.5) is 0 Å². The molecule has 24 heavy (non-hydrogen) atoms. The van der Waals surface area contributed by atoms with Gasteiger partial charge in [-0.15, -0.1) is 0 Å². The first kappa shape index (κ1) is 17.2. The Bertz CT molecular complexity index is 570. The minimum Gasteiger partial charge on any atom is -0.481 e. The van der Waals surface area contributed by atoms with Crippen molar-refractivity contribution in [2.45, 2.75) is 25.8 Å². The van der Waals surface area contributed by atoms with Gasteiger partial charge in [0.15, 0.2) is 0 Å². The van der Waals surface area contributed by atoms with Gasteiger partial charge < -0.3 is 14.4 Å². The third-order valence-electron chi connectivity index (χ3n) is 5.42. The number of piperidine rings is 1. The highest BCUT2D eigenvalue weighted by Gasteiger charge is 2.47. The number of carbonyl (C=O) groups excluding carboxylic acids is 1. The second kappa shape index (κ2) is 7.49. The number of methoxy groups -OCH3 is 2. The fourth-order valence-electron chi connectivity index (χ4n) is 3.88. The lowest BCUT2D eigenvalue weighted by Crippen LogP contribution is -2.44. The van der Waals surface area contributed by atoms with Crippen LogP contribution in [0.15, 0.2) is 18.3 Å². The largest absolute Gasteiger partial charge is 0.481 e. The fraction of sp³-hybridized carbons (Fsp3) is 0.667. The number of carbonyl (C=O) groups is 1. The molecule has 2 aliphatic rings. The van der Waals surface area contributed by atoms with E-state index in [1.54, 1.807) is 20.4 Å². The molecule has 1 spiro atoms. The second-order valence-electron chi connectivity index (χ2n) is 6.76. The number of hydrogen-bond acceptors (Lipinski definition) is 5. The summed E-state index contributed by atoms with van der Waals surface area (Å²) in [6, 6.07) is 4.00. The van der Waals surface area contributed by atoms with E-state index in [9.17, 15) is 4.79 Å². The predicted octanol–water partition coefficient (Wildman–Crippen LogP) is 1.55. The molecular weight excluding hydrogens is 306 g/mol. The van der Waals surface area contributed by atoms with Crippen LogP contribution < -0.4 is 4.74 Å². The molecule has 2 saturated heterocycles. The maximum atomic E-state index is 12.8. The first-order chi connectivity index (χ1) is 11.7. The Balaban J connectivity index is 1.57. The number of pyridine rings is 1. The van der Waals surface area contributed by atoms with Crippen molar-refractivity contribution in [3.8, 4) is 5.88 Å². The molecule has 0 bridgehead atoms. The lowest BCUT2D eigenvalue weighted by Gasteiger charge is -2.38. The maximum absolute atomic E-state index is 12.8. The van der Waals surface area contributed by atoms with Gasteiger partial charge in [-0.1, -0.05) is 6.07 Å². The molecule has 3 rings (SSSR count). The highest BCUT2D eigenvalue weighted by atomic mass is 16.5. The SMILES string of the molecule is COCCN1CCC2(CCN(Cc3cccnc3OC)CC2)C1=O. The molecule has 0 aromatic carbocycles. The van der Waals surface area contributed by atoms with Crippen molar-refractivity contribution < 1.29 is 14.3 Å². The lowest BCUT2D eigenvalue weighted by atomic mass is 9.77. The normalized spacial score (nSPS) is 20.8. The number of nitrogens with zero attached hydrogens (tertiary/aromatic N) is 3. The monoisotopic (exact) mass is 333 g/mol. The minimum absolute atomic E-state index is 0.136. The fourth-order valence-corrected chi connectivity index (χ4v) is 3.88. The predicted molar refractivity (Wildman–Crippen MR) is 90.8 cm³/mol. The molecule has 6 nitrogen and oxygen atoms in total. The first-order valence-electron chi connectivity index (χ1n) is 8.67. The van der Waals surface area contributed by atoms with Crippen molar-refractivity contribution in [2.75, 3.05) is 47.0 Å². The summed E-state index contributed by atoms with van der Waals surface area (Å²) in [5.41, 5.74) is 0.971. The zero-order valence-electron chi connectivity index (χ0n) is 14.7. The molecular formula is C18H27N3O3. The molecule has 0 radical (unpaired) electrons. The van der Waals surface area contributed by atoms with Crippen molar-refractivity contribution in [1.82, 2.24) is 14.8 Å². The van der Waals surface area contributed by atoms with E-state index in [0.29, 0.717) is 24.9 Å². The van der Waals surface area contributed by atoms with Crippen molar-refractivity contribution in [1.29, 1.82) is 0 Å². The third kappa shape index (κ3) is 3.39. The van der Waals surface area contributed by atoms with Crippen LogP contribution in [-0.4, -0.2) is 67.7 Å². The zero-order valence-corrected chi connectivity index (χ0v) is 14.7. The summed E-state index contributed by atoms with van der Waals surface area (Å²) in [6.07, 6.45) is 4.62. The molecule has 2 fully saturated rings. The molecule has 0 unspecified atom stereocenters. The van der Waals surface area contributed by atoms with E-state index in [2.05, 4.69) is 16.0 Å². The van der Waals surface area contributed by atoms with E-state index in [0.717, 1.165) is 51.0 Å². The molecule has 0 N–H and O–H groups in total. The molecule has 3 heterocycles. The Kier molecular flexibility index (Phi) is 5.36. The zero-order chi connectivity index (χ0) is 17.0. The quantitative estimate of drug-likeness (QED) is 0.791. The van der Waals surface area contributed by atoms with E-state index >= 15 is 0 Å². The Morgan fingerprint density at radius 1 is 1.21 bits per heavy atom. The number of amides is 1. The van der Waals surface area contributed by atoms with Crippen molar-refractivity contribution in [3.05, 3.63) is 23.9 Å². The summed E-state index contributed by atoms with van der Waals surface area (Å²) in [6.45, 7) is 4.93. The Morgan fingerprint density at radius 3 is 2.67 bits per heavy atom. The molecule has 1 amide bonds. The molecule has 1 aromatic rings. The topological polar surface area (TPSA) is 54.9 Å². The average molecular weight is 333 g/mol. The van der Waals surface area contributed by atoms with Gasteiger partial charge in [-0.2, -0.15) is 0 Å². The van der Waals surface area contributed by atoms with Gasteiger partial charge in [0.05, 0.1) is 19.1 Å². The van der Waals surface area contributed by atoms with Gasteiger partial charge >= 0.3 is 0 Å². The molecule has 1 aromatic heterocycles. The van der Waals surface area contributed by atoms with E-state index in [-0.39, 0.29) is 5.41 Å². The third-order valence-corrected chi connectivity index (χ3v) is 5.42. The van der Waals surface area contributed by atoms with Crippen molar-refractivity contribution in [3.63, 3.8) is 0 Å². The van der Waals surface area contributed by atoms with Crippen LogP contribution in [0.3, 0.4) is 0 Å². The molecule has 132 valence electrons. The van der Waals surface area contributed by atoms with E-state index in [1.165, 1.54) is 0 Å². The molecule has 0 atom stereocenters. The molecule has 0 aliphatic carbocycles. The number of rotatable bonds is 6. The van der Waals surface area contributed by atoms with Crippen molar-refractivity contribution in [2.24, 2.45) is 5.41 Å². The second-order valence-corrected chi connectivity index (χ2v) is 6.76. The lowest BCUT2D eigenvalue weighted by molar-refractivity contribution is -0.138. The minimum atomic E-state index is -0.136. The average Bonchev–Trinajstić information content (AvgIpc) is 2.92. The summed E-state index contributed by atoms with van der Waals surface area (Å²) in [5.74, 6) is 1.03.